The third kappa shape index (κ3) is 8.19. The van der Waals surface area contributed by atoms with E-state index in [1.165, 1.54) is 17.6 Å². The number of halogens is 1. The molecule has 2 amide bonds. The number of carbonyl (C=O) groups excluding carboxylic acids is 2. The number of anilines is 1. The molecule has 31 heavy (non-hydrogen) atoms. The number of phenols is 1. The van der Waals surface area contributed by atoms with E-state index >= 15 is 0 Å². The Morgan fingerprint density at radius 3 is 2.61 bits per heavy atom. The summed E-state index contributed by atoms with van der Waals surface area (Å²) in [7, 11) is 0. The summed E-state index contributed by atoms with van der Waals surface area (Å²) in [4.78, 5) is 23.7. The Balaban J connectivity index is 2.25. The molecule has 0 radical (unpaired) electrons. The standard InChI is InChI=1S/C22H25IN2O6/c1-2-30-19(10-6-7-11-20(27)25-29)21(17-14-15(23)12-13-18(17)26)31-22(28)24-16-8-4-3-5-9-16/h3-5,7-9,11-14,19,21,26,29H,2,6,10H2,1H3,(H,24,28)(H,25,27)/b11-7+/t19-,21-/m1/s1. The van der Waals surface area contributed by atoms with E-state index in [0.29, 0.717) is 30.7 Å². The average molecular weight is 540 g/mol. The second-order valence-corrected chi connectivity index (χ2v) is 7.72. The summed E-state index contributed by atoms with van der Waals surface area (Å²) >= 11 is 2.11. The SMILES string of the molecule is CCO[C@H](CC/C=C/C(=O)NO)[C@H](OC(=O)Nc1ccccc1)c1cc(I)ccc1O. The lowest BCUT2D eigenvalue weighted by Crippen LogP contribution is -2.29. The highest BCUT2D eigenvalue weighted by Gasteiger charge is 2.30. The molecule has 0 heterocycles. The van der Waals surface area contributed by atoms with Crippen molar-refractivity contribution in [2.75, 3.05) is 11.9 Å². The van der Waals surface area contributed by atoms with Gasteiger partial charge in [-0.05, 0) is 72.7 Å². The van der Waals surface area contributed by atoms with Gasteiger partial charge < -0.3 is 14.6 Å². The summed E-state index contributed by atoms with van der Waals surface area (Å²) in [6, 6.07) is 13.9. The highest BCUT2D eigenvalue weighted by atomic mass is 127. The van der Waals surface area contributed by atoms with Crippen LogP contribution in [-0.4, -0.2) is 35.0 Å². The Bertz CT molecular complexity index is 891. The molecule has 4 N–H and O–H groups in total. The van der Waals surface area contributed by atoms with Crippen LogP contribution in [0.25, 0.3) is 0 Å². The second kappa shape index (κ2) is 12.9. The molecular weight excluding hydrogens is 515 g/mol. The van der Waals surface area contributed by atoms with Crippen LogP contribution in [0.1, 0.15) is 31.4 Å². The van der Waals surface area contributed by atoms with Crippen molar-refractivity contribution >= 4 is 40.3 Å². The molecule has 0 aliphatic rings. The fourth-order valence-corrected chi connectivity index (χ4v) is 3.42. The number of carbonyl (C=O) groups is 2. The van der Waals surface area contributed by atoms with E-state index in [0.717, 1.165) is 3.57 Å². The number of hydrogen-bond acceptors (Lipinski definition) is 6. The molecule has 0 saturated carbocycles. The summed E-state index contributed by atoms with van der Waals surface area (Å²) in [5.74, 6) is -0.656. The van der Waals surface area contributed by atoms with Gasteiger partial charge in [-0.1, -0.05) is 24.3 Å². The molecule has 2 rings (SSSR count). The van der Waals surface area contributed by atoms with Crippen molar-refractivity contribution in [2.24, 2.45) is 0 Å². The number of aromatic hydroxyl groups is 1. The summed E-state index contributed by atoms with van der Waals surface area (Å²) < 4.78 is 12.4. The smallest absolute Gasteiger partial charge is 0.412 e. The van der Waals surface area contributed by atoms with Gasteiger partial charge in [-0.3, -0.25) is 15.3 Å². The molecule has 9 heteroatoms. The van der Waals surface area contributed by atoms with Crippen molar-refractivity contribution in [3.8, 4) is 5.75 Å². The third-order valence-corrected chi connectivity index (χ3v) is 4.94. The lowest BCUT2D eigenvalue weighted by molar-refractivity contribution is -0.124. The number of hydrogen-bond donors (Lipinski definition) is 4. The van der Waals surface area contributed by atoms with Crippen molar-refractivity contribution in [1.82, 2.24) is 5.48 Å². The van der Waals surface area contributed by atoms with Crippen LogP contribution in [0.15, 0.2) is 60.7 Å². The first-order chi connectivity index (χ1) is 14.9. The van der Waals surface area contributed by atoms with Crippen LogP contribution in [0.5, 0.6) is 5.75 Å². The van der Waals surface area contributed by atoms with Crippen LogP contribution in [0.4, 0.5) is 10.5 Å². The quantitative estimate of drug-likeness (QED) is 0.152. The highest BCUT2D eigenvalue weighted by molar-refractivity contribution is 14.1. The largest absolute Gasteiger partial charge is 0.508 e. The molecule has 166 valence electrons. The first kappa shape index (κ1) is 24.6. The van der Waals surface area contributed by atoms with Gasteiger partial charge in [-0.2, -0.15) is 0 Å². The molecule has 0 aliphatic heterocycles. The monoisotopic (exact) mass is 540 g/mol. The zero-order valence-electron chi connectivity index (χ0n) is 17.0. The molecule has 0 unspecified atom stereocenters. The number of phenolic OH excluding ortho intramolecular Hbond substituents is 1. The molecule has 0 aliphatic carbocycles. The van der Waals surface area contributed by atoms with Crippen LogP contribution in [-0.2, 0) is 14.3 Å². The topological polar surface area (TPSA) is 117 Å². The summed E-state index contributed by atoms with van der Waals surface area (Å²) in [5.41, 5.74) is 2.52. The second-order valence-electron chi connectivity index (χ2n) is 6.47. The molecule has 0 aromatic heterocycles. The molecule has 0 bridgehead atoms. The zero-order valence-corrected chi connectivity index (χ0v) is 19.1. The van der Waals surface area contributed by atoms with E-state index in [1.54, 1.807) is 42.5 Å². The Kier molecular flexibility index (Phi) is 10.3. The minimum atomic E-state index is -0.890. The molecule has 2 aromatic carbocycles. The van der Waals surface area contributed by atoms with Crippen LogP contribution in [0.2, 0.25) is 0 Å². The number of amides is 2. The number of nitrogens with one attached hydrogen (secondary N) is 2. The fraction of sp³-hybridized carbons (Fsp3) is 0.273. The maximum Gasteiger partial charge on any atom is 0.412 e. The molecule has 2 atom stereocenters. The molecule has 0 spiro atoms. The Morgan fingerprint density at radius 1 is 1.19 bits per heavy atom. The van der Waals surface area contributed by atoms with Crippen LogP contribution in [0, 0.1) is 3.57 Å². The first-order valence-corrected chi connectivity index (χ1v) is 10.8. The molecule has 8 nitrogen and oxygen atoms in total. The minimum Gasteiger partial charge on any atom is -0.508 e. The van der Waals surface area contributed by atoms with Crippen molar-refractivity contribution < 1.29 is 29.4 Å². The van der Waals surface area contributed by atoms with Gasteiger partial charge in [0.2, 0.25) is 0 Å². The number of allylic oxidation sites excluding steroid dienone is 1. The summed E-state index contributed by atoms with van der Waals surface area (Å²) in [6.45, 7) is 2.17. The molecule has 0 fully saturated rings. The minimum absolute atomic E-state index is 0.0159. The lowest BCUT2D eigenvalue weighted by Gasteiger charge is -2.28. The van der Waals surface area contributed by atoms with Crippen LogP contribution in [0.3, 0.4) is 0 Å². The predicted octanol–water partition coefficient (Wildman–Crippen LogP) is 4.53. The number of rotatable bonds is 10. The van der Waals surface area contributed by atoms with E-state index in [-0.39, 0.29) is 5.75 Å². The third-order valence-electron chi connectivity index (χ3n) is 4.27. The Labute approximate surface area is 194 Å². The maximum atomic E-state index is 12.6. The van der Waals surface area contributed by atoms with Gasteiger partial charge in [0.25, 0.3) is 5.91 Å². The fourth-order valence-electron chi connectivity index (χ4n) is 2.90. The number of ether oxygens (including phenoxy) is 2. The van der Waals surface area contributed by atoms with Crippen molar-refractivity contribution in [3.63, 3.8) is 0 Å². The van der Waals surface area contributed by atoms with Crippen LogP contribution >= 0.6 is 22.6 Å². The van der Waals surface area contributed by atoms with Crippen molar-refractivity contribution in [1.29, 1.82) is 0 Å². The van der Waals surface area contributed by atoms with E-state index in [2.05, 4.69) is 27.9 Å². The maximum absolute atomic E-state index is 12.6. The Morgan fingerprint density at radius 2 is 1.94 bits per heavy atom. The van der Waals surface area contributed by atoms with Gasteiger partial charge in [0.05, 0.1) is 6.10 Å². The Hall–Kier alpha value is -2.63. The van der Waals surface area contributed by atoms with E-state index in [9.17, 15) is 14.7 Å². The van der Waals surface area contributed by atoms with Crippen molar-refractivity contribution in [2.45, 2.75) is 32.0 Å². The molecular formula is C22H25IN2O6. The molecule has 2 aromatic rings. The summed E-state index contributed by atoms with van der Waals surface area (Å²) in [5, 5.41) is 21.7. The number of hydroxylamine groups is 1. The number of para-hydroxylation sites is 1. The van der Waals surface area contributed by atoms with Gasteiger partial charge in [0, 0.05) is 27.5 Å². The van der Waals surface area contributed by atoms with E-state index in [1.807, 2.05) is 13.0 Å². The number of benzene rings is 2. The highest BCUT2D eigenvalue weighted by Crippen LogP contribution is 2.34. The first-order valence-electron chi connectivity index (χ1n) is 9.67. The summed E-state index contributed by atoms with van der Waals surface area (Å²) in [6.07, 6.45) is 1.43. The zero-order chi connectivity index (χ0) is 22.6. The van der Waals surface area contributed by atoms with Gasteiger partial charge in [-0.25, -0.2) is 10.3 Å². The average Bonchev–Trinajstić information content (AvgIpc) is 2.76. The van der Waals surface area contributed by atoms with Gasteiger partial charge >= 0.3 is 6.09 Å². The van der Waals surface area contributed by atoms with Crippen molar-refractivity contribution in [3.05, 3.63) is 69.8 Å². The van der Waals surface area contributed by atoms with Gasteiger partial charge in [0.15, 0.2) is 6.10 Å². The van der Waals surface area contributed by atoms with Gasteiger partial charge in [-0.15, -0.1) is 0 Å². The molecule has 0 saturated heterocycles. The predicted molar refractivity (Wildman–Crippen MR) is 124 cm³/mol. The normalized spacial score (nSPS) is 12.9. The van der Waals surface area contributed by atoms with E-state index in [4.69, 9.17) is 14.7 Å². The lowest BCUT2D eigenvalue weighted by atomic mass is 9.99. The van der Waals surface area contributed by atoms with Gasteiger partial charge in [0.1, 0.15) is 5.75 Å². The van der Waals surface area contributed by atoms with Crippen LogP contribution < -0.4 is 10.8 Å². The van der Waals surface area contributed by atoms with E-state index < -0.39 is 24.2 Å².